The maximum atomic E-state index is 6.25. The first kappa shape index (κ1) is 22.5. The Bertz CT molecular complexity index is 640. The van der Waals surface area contributed by atoms with Crippen LogP contribution in [0.4, 0.5) is 11.4 Å². The first-order chi connectivity index (χ1) is 12.7. The Morgan fingerprint density at radius 3 is 2.52 bits per heavy atom. The van der Waals surface area contributed by atoms with Crippen LogP contribution in [0.5, 0.6) is 0 Å². The number of aryl methyl sites for hydroxylation is 1. The van der Waals surface area contributed by atoms with Crippen LogP contribution in [0.2, 0.25) is 5.02 Å². The van der Waals surface area contributed by atoms with Gasteiger partial charge in [0.25, 0.3) is 0 Å². The minimum Gasteiger partial charge on any atom is -1.00 e. The average molecular weight is 499 g/mol. The number of hydrogen-bond donors (Lipinski definition) is 0. The van der Waals surface area contributed by atoms with Crippen LogP contribution in [-0.2, 0) is 7.05 Å². The van der Waals surface area contributed by atoms with E-state index >= 15 is 0 Å². The van der Waals surface area contributed by atoms with Crippen LogP contribution < -0.4 is 33.4 Å². The molecular weight excluding hydrogens is 467 g/mol. The zero-order chi connectivity index (χ0) is 18.2. The van der Waals surface area contributed by atoms with Gasteiger partial charge in [0.2, 0.25) is 0 Å². The summed E-state index contributed by atoms with van der Waals surface area (Å²) in [6, 6.07) is 12.5. The smallest absolute Gasteiger partial charge is 0.192 e. The van der Waals surface area contributed by atoms with Crippen molar-refractivity contribution in [2.45, 2.75) is 57.8 Å². The fourth-order valence-electron chi connectivity index (χ4n) is 4.14. The SMILES string of the molecule is C[n+]1cccc(N(CCCCCC2CCCCC2)c2cccc(Cl)c2)c1.[I-]. The molecule has 0 N–H and O–H groups in total. The predicted octanol–water partition coefficient (Wildman–Crippen LogP) is 3.45. The van der Waals surface area contributed by atoms with Gasteiger partial charge in [-0.05, 0) is 36.6 Å². The highest BCUT2D eigenvalue weighted by atomic mass is 127. The highest BCUT2D eigenvalue weighted by Gasteiger charge is 2.14. The van der Waals surface area contributed by atoms with E-state index in [0.717, 1.165) is 17.5 Å². The van der Waals surface area contributed by atoms with E-state index in [2.05, 4.69) is 53.2 Å². The molecule has 1 heterocycles. The minimum absolute atomic E-state index is 0. The number of halogens is 2. The first-order valence-electron chi connectivity index (χ1n) is 10.2. The Morgan fingerprint density at radius 1 is 1.00 bits per heavy atom. The summed E-state index contributed by atoms with van der Waals surface area (Å²) in [6.45, 7) is 1.04. The molecule has 0 atom stereocenters. The Labute approximate surface area is 186 Å². The van der Waals surface area contributed by atoms with Crippen molar-refractivity contribution in [1.29, 1.82) is 0 Å². The summed E-state index contributed by atoms with van der Waals surface area (Å²) in [7, 11) is 2.07. The Balaban J connectivity index is 0.00000261. The van der Waals surface area contributed by atoms with Crippen LogP contribution in [0.1, 0.15) is 57.8 Å². The molecular formula is C23H32ClIN2. The molecule has 1 aliphatic rings. The summed E-state index contributed by atoms with van der Waals surface area (Å²) in [5.41, 5.74) is 2.40. The largest absolute Gasteiger partial charge is 1.00 e. The van der Waals surface area contributed by atoms with E-state index in [1.807, 2.05) is 12.1 Å². The third-order valence-corrected chi connectivity index (χ3v) is 5.81. The molecule has 2 nitrogen and oxygen atoms in total. The second kappa shape index (κ2) is 11.9. The van der Waals surface area contributed by atoms with Crippen molar-refractivity contribution in [3.8, 4) is 0 Å². The normalized spacial score (nSPS) is 14.6. The molecule has 0 radical (unpaired) electrons. The number of anilines is 2. The quantitative estimate of drug-likeness (QED) is 0.307. The number of benzene rings is 1. The topological polar surface area (TPSA) is 7.12 Å². The van der Waals surface area contributed by atoms with Gasteiger partial charge in [0.15, 0.2) is 12.4 Å². The molecule has 0 bridgehead atoms. The lowest BCUT2D eigenvalue weighted by atomic mass is 9.85. The third kappa shape index (κ3) is 7.26. The van der Waals surface area contributed by atoms with Crippen LogP contribution in [0.25, 0.3) is 0 Å². The molecule has 27 heavy (non-hydrogen) atoms. The molecule has 0 aliphatic heterocycles. The first-order valence-corrected chi connectivity index (χ1v) is 10.6. The van der Waals surface area contributed by atoms with Gasteiger partial charge in [-0.25, -0.2) is 4.57 Å². The van der Waals surface area contributed by atoms with Gasteiger partial charge >= 0.3 is 0 Å². The van der Waals surface area contributed by atoms with Crippen LogP contribution in [-0.4, -0.2) is 6.54 Å². The van der Waals surface area contributed by atoms with Crippen LogP contribution in [0.15, 0.2) is 48.8 Å². The molecule has 0 saturated heterocycles. The van der Waals surface area contributed by atoms with E-state index in [4.69, 9.17) is 11.6 Å². The molecule has 148 valence electrons. The average Bonchev–Trinajstić information content (AvgIpc) is 2.65. The lowest BCUT2D eigenvalue weighted by Gasteiger charge is -2.24. The highest BCUT2D eigenvalue weighted by molar-refractivity contribution is 6.30. The Hall–Kier alpha value is -0.810. The number of rotatable bonds is 8. The van der Waals surface area contributed by atoms with Crippen molar-refractivity contribution in [2.75, 3.05) is 11.4 Å². The van der Waals surface area contributed by atoms with Crippen LogP contribution in [0.3, 0.4) is 0 Å². The monoisotopic (exact) mass is 498 g/mol. The van der Waals surface area contributed by atoms with Crippen molar-refractivity contribution in [3.05, 3.63) is 53.8 Å². The summed E-state index contributed by atoms with van der Waals surface area (Å²) in [5.74, 6) is 1.00. The molecule has 1 aliphatic carbocycles. The van der Waals surface area contributed by atoms with Crippen molar-refractivity contribution in [2.24, 2.45) is 13.0 Å². The van der Waals surface area contributed by atoms with Crippen molar-refractivity contribution < 1.29 is 28.5 Å². The van der Waals surface area contributed by atoms with Crippen molar-refractivity contribution in [1.82, 2.24) is 0 Å². The van der Waals surface area contributed by atoms with E-state index in [9.17, 15) is 0 Å². The van der Waals surface area contributed by atoms with Gasteiger partial charge < -0.3 is 28.9 Å². The van der Waals surface area contributed by atoms with E-state index in [-0.39, 0.29) is 24.0 Å². The number of hydrogen-bond acceptors (Lipinski definition) is 1. The molecule has 3 rings (SSSR count). The fraction of sp³-hybridized carbons (Fsp3) is 0.522. The van der Waals surface area contributed by atoms with Gasteiger partial charge in [-0.3, -0.25) is 0 Å². The summed E-state index contributed by atoms with van der Waals surface area (Å²) in [5, 5.41) is 0.796. The maximum Gasteiger partial charge on any atom is 0.192 e. The number of aromatic nitrogens is 1. The van der Waals surface area contributed by atoms with E-state index < -0.39 is 0 Å². The molecule has 4 heteroatoms. The zero-order valence-corrected chi connectivity index (χ0v) is 19.3. The Kier molecular flexibility index (Phi) is 9.91. The molecule has 0 amide bonds. The molecule has 1 aromatic carbocycles. The lowest BCUT2D eigenvalue weighted by molar-refractivity contribution is -0.670. The number of nitrogens with zero attached hydrogens (tertiary/aromatic N) is 2. The summed E-state index contributed by atoms with van der Waals surface area (Å²) >= 11 is 6.25. The number of unbranched alkanes of at least 4 members (excludes halogenated alkanes) is 2. The Morgan fingerprint density at radius 2 is 1.78 bits per heavy atom. The summed E-state index contributed by atoms with van der Waals surface area (Å²) in [4.78, 5) is 2.40. The highest BCUT2D eigenvalue weighted by Crippen LogP contribution is 2.29. The molecule has 2 aromatic rings. The van der Waals surface area contributed by atoms with Gasteiger partial charge in [0.1, 0.15) is 12.7 Å². The molecule has 0 unspecified atom stereocenters. The minimum atomic E-state index is 0. The van der Waals surface area contributed by atoms with Gasteiger partial charge in [-0.2, -0.15) is 0 Å². The van der Waals surface area contributed by atoms with Gasteiger partial charge in [-0.15, -0.1) is 0 Å². The van der Waals surface area contributed by atoms with Gasteiger partial charge in [0, 0.05) is 23.3 Å². The maximum absolute atomic E-state index is 6.25. The molecule has 0 spiro atoms. The van der Waals surface area contributed by atoms with E-state index in [1.54, 1.807) is 0 Å². The standard InChI is InChI=1S/C23H32ClN2.HI/c1-25-16-9-15-23(19-25)26(22-14-8-13-21(24)18-22)17-7-3-6-12-20-10-4-2-5-11-20;/h8-9,13-16,18-20H,2-7,10-12,17H2,1H3;1H/q+1;/p-1. The zero-order valence-electron chi connectivity index (χ0n) is 16.4. The summed E-state index contributed by atoms with van der Waals surface area (Å²) < 4.78 is 2.11. The van der Waals surface area contributed by atoms with Crippen molar-refractivity contribution in [3.63, 3.8) is 0 Å². The molecule has 1 aromatic heterocycles. The van der Waals surface area contributed by atoms with Crippen LogP contribution in [0, 0.1) is 5.92 Å². The lowest BCUT2D eigenvalue weighted by Crippen LogP contribution is -3.00. The third-order valence-electron chi connectivity index (χ3n) is 5.57. The van der Waals surface area contributed by atoms with Crippen molar-refractivity contribution >= 4 is 23.0 Å². The van der Waals surface area contributed by atoms with E-state index in [1.165, 1.54) is 69.2 Å². The second-order valence-corrected chi connectivity index (χ2v) is 8.15. The predicted molar refractivity (Wildman–Crippen MR) is 111 cm³/mol. The fourth-order valence-corrected chi connectivity index (χ4v) is 4.32. The van der Waals surface area contributed by atoms with E-state index in [0.29, 0.717) is 0 Å². The molecule has 1 saturated carbocycles. The van der Waals surface area contributed by atoms with Gasteiger partial charge in [-0.1, -0.05) is 69.0 Å². The van der Waals surface area contributed by atoms with Gasteiger partial charge in [0.05, 0.1) is 0 Å². The number of pyridine rings is 1. The van der Waals surface area contributed by atoms with Crippen LogP contribution >= 0.6 is 11.6 Å². The summed E-state index contributed by atoms with van der Waals surface area (Å²) in [6.07, 6.45) is 16.9. The second-order valence-electron chi connectivity index (χ2n) is 7.71. The molecule has 1 fully saturated rings.